The van der Waals surface area contributed by atoms with Gasteiger partial charge in [-0.1, -0.05) is 35.9 Å². The minimum absolute atomic E-state index is 0. The van der Waals surface area contributed by atoms with E-state index >= 15 is 0 Å². The molecule has 1 amide bonds. The van der Waals surface area contributed by atoms with Crippen molar-refractivity contribution in [2.24, 2.45) is 0 Å². The highest BCUT2D eigenvalue weighted by Gasteiger charge is 2.18. The highest BCUT2D eigenvalue weighted by Crippen LogP contribution is 2.32. The highest BCUT2D eigenvalue weighted by molar-refractivity contribution is 6.30. The Morgan fingerprint density at radius 3 is 2.58 bits per heavy atom. The summed E-state index contributed by atoms with van der Waals surface area (Å²) < 4.78 is 6.12. The fourth-order valence-electron chi connectivity index (χ4n) is 3.93. The molecule has 2 heterocycles. The molecule has 1 aliphatic heterocycles. The van der Waals surface area contributed by atoms with E-state index < -0.39 is 0 Å². The lowest BCUT2D eigenvalue weighted by Crippen LogP contribution is -2.42. The fourth-order valence-corrected chi connectivity index (χ4v) is 4.06. The number of halogens is 2. The number of rotatable bonds is 5. The van der Waals surface area contributed by atoms with Gasteiger partial charge in [-0.2, -0.15) is 0 Å². The second-order valence-electron chi connectivity index (χ2n) is 7.82. The number of oxazole rings is 1. The number of benzene rings is 3. The molecule has 0 bridgehead atoms. The van der Waals surface area contributed by atoms with Gasteiger partial charge in [0.25, 0.3) is 5.91 Å². The number of fused-ring (bicyclic) bond motifs is 1. The van der Waals surface area contributed by atoms with Crippen molar-refractivity contribution < 1.29 is 9.21 Å². The van der Waals surface area contributed by atoms with E-state index in [9.17, 15) is 4.79 Å². The van der Waals surface area contributed by atoms with E-state index in [1.807, 2.05) is 36.4 Å². The van der Waals surface area contributed by atoms with E-state index in [2.05, 4.69) is 21.6 Å². The molecular weight excluding hydrogens is 459 g/mol. The Balaban J connectivity index is 0.00000259. The molecule has 0 radical (unpaired) electrons. The minimum Gasteiger partial charge on any atom is -0.436 e. The van der Waals surface area contributed by atoms with Crippen LogP contribution < -0.4 is 10.6 Å². The van der Waals surface area contributed by atoms with Crippen LogP contribution in [-0.2, 0) is 6.54 Å². The van der Waals surface area contributed by atoms with Crippen molar-refractivity contribution in [1.29, 1.82) is 0 Å². The Kier molecular flexibility index (Phi) is 7.30. The number of piperazine rings is 1. The zero-order chi connectivity index (χ0) is 21.9. The Morgan fingerprint density at radius 2 is 1.79 bits per heavy atom. The average Bonchev–Trinajstić information content (AvgIpc) is 3.26. The number of para-hydroxylation sites is 2. The van der Waals surface area contributed by atoms with Crippen LogP contribution in [0.3, 0.4) is 0 Å². The lowest BCUT2D eigenvalue weighted by molar-refractivity contribution is 0.102. The van der Waals surface area contributed by atoms with Crippen LogP contribution in [0, 0.1) is 0 Å². The lowest BCUT2D eigenvalue weighted by atomic mass is 10.1. The van der Waals surface area contributed by atoms with E-state index in [0.29, 0.717) is 22.2 Å². The SMILES string of the molecule is Cl.O=C(Nc1ccccc1-c1nc2c(CN3CCNCC3)cccc2o1)c1ccc(Cl)cc1. The van der Waals surface area contributed by atoms with Gasteiger partial charge in [-0.3, -0.25) is 9.69 Å². The van der Waals surface area contributed by atoms with Gasteiger partial charge in [-0.05, 0) is 48.0 Å². The first-order valence-corrected chi connectivity index (χ1v) is 11.0. The minimum atomic E-state index is -0.218. The van der Waals surface area contributed by atoms with Crippen molar-refractivity contribution in [3.05, 3.63) is 82.9 Å². The van der Waals surface area contributed by atoms with Crippen LogP contribution in [0.15, 0.2) is 71.1 Å². The van der Waals surface area contributed by atoms with Gasteiger partial charge in [-0.15, -0.1) is 12.4 Å². The molecule has 0 saturated carbocycles. The van der Waals surface area contributed by atoms with Crippen LogP contribution in [0.2, 0.25) is 5.02 Å². The van der Waals surface area contributed by atoms with Crippen molar-refractivity contribution in [2.45, 2.75) is 6.54 Å². The van der Waals surface area contributed by atoms with Gasteiger partial charge in [0.15, 0.2) is 5.58 Å². The summed E-state index contributed by atoms with van der Waals surface area (Å²) in [7, 11) is 0. The summed E-state index contributed by atoms with van der Waals surface area (Å²) >= 11 is 5.94. The molecule has 2 N–H and O–H groups in total. The third-order valence-electron chi connectivity index (χ3n) is 5.62. The molecule has 1 saturated heterocycles. The third kappa shape index (κ3) is 5.20. The molecule has 1 aliphatic rings. The molecule has 0 unspecified atom stereocenters. The van der Waals surface area contributed by atoms with Crippen molar-refractivity contribution in [1.82, 2.24) is 15.2 Å². The van der Waals surface area contributed by atoms with E-state index in [0.717, 1.165) is 55.0 Å². The van der Waals surface area contributed by atoms with E-state index in [-0.39, 0.29) is 18.3 Å². The van der Waals surface area contributed by atoms with Crippen LogP contribution in [0.1, 0.15) is 15.9 Å². The third-order valence-corrected chi connectivity index (χ3v) is 5.87. The zero-order valence-corrected chi connectivity index (χ0v) is 19.5. The van der Waals surface area contributed by atoms with Gasteiger partial charge in [0.2, 0.25) is 5.89 Å². The van der Waals surface area contributed by atoms with Crippen LogP contribution in [-0.4, -0.2) is 42.0 Å². The molecule has 8 heteroatoms. The first-order chi connectivity index (χ1) is 15.7. The maximum absolute atomic E-state index is 12.7. The van der Waals surface area contributed by atoms with E-state index in [1.165, 1.54) is 0 Å². The number of amides is 1. The van der Waals surface area contributed by atoms with Crippen LogP contribution >= 0.6 is 24.0 Å². The van der Waals surface area contributed by atoms with Crippen molar-refractivity contribution in [3.63, 3.8) is 0 Å². The number of carbonyl (C=O) groups is 1. The normalized spacial score (nSPS) is 14.1. The molecule has 5 rings (SSSR count). The number of nitrogens with one attached hydrogen (secondary N) is 2. The Labute approximate surface area is 203 Å². The fraction of sp³-hybridized carbons (Fsp3) is 0.200. The molecule has 3 aromatic carbocycles. The molecule has 0 aliphatic carbocycles. The Bertz CT molecular complexity index is 1250. The number of carbonyl (C=O) groups excluding carboxylic acids is 1. The summed E-state index contributed by atoms with van der Waals surface area (Å²) in [6.07, 6.45) is 0. The molecule has 0 spiro atoms. The molecule has 1 aromatic heterocycles. The van der Waals surface area contributed by atoms with Crippen molar-refractivity contribution >= 4 is 46.7 Å². The molecular formula is C25H24Cl2N4O2. The topological polar surface area (TPSA) is 70.4 Å². The summed E-state index contributed by atoms with van der Waals surface area (Å²) in [5.74, 6) is 0.268. The Morgan fingerprint density at radius 1 is 1.03 bits per heavy atom. The average molecular weight is 483 g/mol. The number of aromatic nitrogens is 1. The predicted molar refractivity (Wildman–Crippen MR) is 134 cm³/mol. The molecule has 170 valence electrons. The largest absolute Gasteiger partial charge is 0.436 e. The Hall–Kier alpha value is -2.90. The summed E-state index contributed by atoms with van der Waals surface area (Å²) in [4.78, 5) is 20.0. The second-order valence-corrected chi connectivity index (χ2v) is 8.25. The van der Waals surface area contributed by atoms with Gasteiger partial charge in [0.1, 0.15) is 5.52 Å². The van der Waals surface area contributed by atoms with Gasteiger partial charge < -0.3 is 15.1 Å². The van der Waals surface area contributed by atoms with Gasteiger partial charge in [0, 0.05) is 43.3 Å². The summed E-state index contributed by atoms with van der Waals surface area (Å²) in [6, 6.07) is 20.4. The summed E-state index contributed by atoms with van der Waals surface area (Å²) in [5.41, 5.74) is 4.65. The summed E-state index contributed by atoms with van der Waals surface area (Å²) in [5, 5.41) is 6.94. The van der Waals surface area contributed by atoms with E-state index in [1.54, 1.807) is 24.3 Å². The first-order valence-electron chi connectivity index (χ1n) is 10.7. The van der Waals surface area contributed by atoms with Gasteiger partial charge in [-0.25, -0.2) is 4.98 Å². The zero-order valence-electron chi connectivity index (χ0n) is 17.9. The molecule has 4 aromatic rings. The predicted octanol–water partition coefficient (Wildman–Crippen LogP) is 5.23. The molecule has 0 atom stereocenters. The van der Waals surface area contributed by atoms with Gasteiger partial charge in [0.05, 0.1) is 11.3 Å². The van der Waals surface area contributed by atoms with E-state index in [4.69, 9.17) is 21.0 Å². The molecule has 33 heavy (non-hydrogen) atoms. The second kappa shape index (κ2) is 10.4. The number of anilines is 1. The monoisotopic (exact) mass is 482 g/mol. The number of hydrogen-bond acceptors (Lipinski definition) is 5. The van der Waals surface area contributed by atoms with Gasteiger partial charge >= 0.3 is 0 Å². The number of hydrogen-bond donors (Lipinski definition) is 2. The van der Waals surface area contributed by atoms with Crippen molar-refractivity contribution in [3.8, 4) is 11.5 Å². The molecule has 1 fully saturated rings. The smallest absolute Gasteiger partial charge is 0.255 e. The quantitative estimate of drug-likeness (QED) is 0.407. The maximum atomic E-state index is 12.7. The lowest BCUT2D eigenvalue weighted by Gasteiger charge is -2.27. The standard InChI is InChI=1S/C25H23ClN4O2.ClH/c26-19-10-8-17(9-11-19)24(31)28-21-6-2-1-5-20(21)25-29-23-18(4-3-7-22(23)32-25)16-30-14-12-27-13-15-30;/h1-11,27H,12-16H2,(H,28,31);1H. The van der Waals surface area contributed by atoms with Crippen molar-refractivity contribution in [2.75, 3.05) is 31.5 Å². The van der Waals surface area contributed by atoms with Crippen LogP contribution in [0.4, 0.5) is 5.69 Å². The van der Waals surface area contributed by atoms with Crippen LogP contribution in [0.5, 0.6) is 0 Å². The maximum Gasteiger partial charge on any atom is 0.255 e. The highest BCUT2D eigenvalue weighted by atomic mass is 35.5. The van der Waals surface area contributed by atoms with Crippen LogP contribution in [0.25, 0.3) is 22.6 Å². The summed E-state index contributed by atoms with van der Waals surface area (Å²) in [6.45, 7) is 4.86. The first kappa shape index (κ1) is 23.3. The molecule has 6 nitrogen and oxygen atoms in total. The number of nitrogens with zero attached hydrogens (tertiary/aromatic N) is 2.